The summed E-state index contributed by atoms with van der Waals surface area (Å²) in [5.41, 5.74) is 4.55. The molecule has 2 aliphatic heterocycles. The molecule has 0 radical (unpaired) electrons. The molecular weight excluding hydrogens is 1550 g/mol. The number of nitrogens with zero attached hydrogens (tertiary/aromatic N) is 7. The largest absolute Gasteiger partial charge is 0.481 e. The number of alkyl halides is 4. The van der Waals surface area contributed by atoms with E-state index in [1.54, 1.807) is 16.7 Å². The van der Waals surface area contributed by atoms with E-state index in [0.717, 1.165) is 107 Å². The summed E-state index contributed by atoms with van der Waals surface area (Å²) in [4.78, 5) is 81.5. The predicted octanol–water partition coefficient (Wildman–Crippen LogP) is 10.1. The first kappa shape index (κ1) is 70.8. The topological polar surface area (TPSA) is 201 Å². The molecule has 0 unspecified atom stereocenters. The van der Waals surface area contributed by atoms with E-state index in [0.29, 0.717) is 98.0 Å². The van der Waals surface area contributed by atoms with Crippen LogP contribution in [0.5, 0.6) is 0 Å². The summed E-state index contributed by atoms with van der Waals surface area (Å²) < 4.78 is 33.5. The minimum absolute atomic E-state index is 0. The van der Waals surface area contributed by atoms with Crippen molar-refractivity contribution in [1.29, 1.82) is 0 Å². The molecule has 2 aromatic heterocycles. The molecule has 0 spiro atoms. The molecule has 4 fully saturated rings. The molecule has 1 amide bonds. The summed E-state index contributed by atoms with van der Waals surface area (Å²) in [5, 5.41) is 30.8. The Bertz CT molecular complexity index is 3430. The molecule has 4 N–H and O–H groups in total. The number of carboxylic acids is 3. The first-order chi connectivity index (χ1) is 41.0. The smallest absolute Gasteiger partial charge is 0.341 e. The third-order valence-corrected chi connectivity index (χ3v) is 16.4. The van der Waals surface area contributed by atoms with Gasteiger partial charge in [0.2, 0.25) is 16.8 Å². The molecule has 25 heteroatoms. The van der Waals surface area contributed by atoms with Crippen molar-refractivity contribution < 1.29 is 85.4 Å². The van der Waals surface area contributed by atoms with Crippen LogP contribution in [0.15, 0.2) is 94.8 Å². The molecule has 10 rings (SSSR count). The van der Waals surface area contributed by atoms with Gasteiger partial charge in [0.1, 0.15) is 22.8 Å². The molecule has 2 saturated heterocycles. The van der Waals surface area contributed by atoms with Crippen LogP contribution in [0.3, 0.4) is 0 Å². The number of carboxylic acid groups (broad SMARTS) is 3. The van der Waals surface area contributed by atoms with Crippen LogP contribution < -0.4 is 35.8 Å². The van der Waals surface area contributed by atoms with Gasteiger partial charge in [0.25, 0.3) is 0 Å². The van der Waals surface area contributed by atoms with Crippen LogP contribution in [0.1, 0.15) is 95.3 Å². The number of hydrogen-bond acceptors (Lipinski definition) is 11. The van der Waals surface area contributed by atoms with Crippen molar-refractivity contribution in [3.8, 4) is 0 Å². The molecule has 4 heterocycles. The molecule has 87 heavy (non-hydrogen) atoms. The van der Waals surface area contributed by atoms with Gasteiger partial charge in [-0.3, -0.25) is 19.2 Å². The average Bonchev–Trinajstić information content (AvgIpc) is 1.81. The number of halogens is 6. The van der Waals surface area contributed by atoms with Gasteiger partial charge in [-0.2, -0.15) is 0 Å². The Morgan fingerprint density at radius 2 is 0.920 bits per heavy atom. The van der Waals surface area contributed by atoms with Crippen LogP contribution in [0.4, 0.5) is 31.5 Å². The molecule has 2 aliphatic carbocycles. The number of aromatic nitrogens is 2. The van der Waals surface area contributed by atoms with E-state index in [1.165, 1.54) is 24.0 Å². The van der Waals surface area contributed by atoms with Crippen molar-refractivity contribution in [3.63, 3.8) is 0 Å². The molecular formula is C62H72Cl4F2N8O9W2. The second-order valence-corrected chi connectivity index (χ2v) is 23.1. The first-order valence-corrected chi connectivity index (χ1v) is 31.0. The maximum absolute atomic E-state index is 15.3. The number of hydrogen-bond donors (Lipinski definition) is 4. The van der Waals surface area contributed by atoms with Crippen molar-refractivity contribution >= 4 is 115 Å². The number of nitrogens with one attached hydrogen (secondary N) is 1. The number of rotatable bonds is 24. The Balaban J connectivity index is 0.000000227. The van der Waals surface area contributed by atoms with Crippen LogP contribution in [-0.4, -0.2) is 155 Å². The van der Waals surface area contributed by atoms with Crippen molar-refractivity contribution in [2.45, 2.75) is 76.3 Å². The zero-order valence-corrected chi connectivity index (χ0v) is 57.0. The summed E-state index contributed by atoms with van der Waals surface area (Å²) in [6.45, 7) is 7.87. The number of anilines is 4. The Labute approximate surface area is 553 Å². The van der Waals surface area contributed by atoms with Gasteiger partial charge < -0.3 is 54.3 Å². The molecule has 0 bridgehead atoms. The third kappa shape index (κ3) is 18.9. The first-order valence-electron chi connectivity index (χ1n) is 28.9. The molecule has 2 saturated carbocycles. The van der Waals surface area contributed by atoms with E-state index in [4.69, 9.17) is 51.5 Å². The van der Waals surface area contributed by atoms with E-state index in [1.807, 2.05) is 43.5 Å². The van der Waals surface area contributed by atoms with Gasteiger partial charge in [-0.25, -0.2) is 18.4 Å². The van der Waals surface area contributed by atoms with Gasteiger partial charge in [0.05, 0.1) is 22.4 Å². The van der Waals surface area contributed by atoms with Gasteiger partial charge in [-0.05, 0) is 111 Å². The minimum Gasteiger partial charge on any atom is -0.481 e. The number of pyridine rings is 2. The molecule has 4 aromatic carbocycles. The summed E-state index contributed by atoms with van der Waals surface area (Å²) in [7, 11) is 0. The maximum atomic E-state index is 15.3. The standard InChI is InChI=1S/C31H35Cl2FN4O4.C17H18FN3O3.C14H19Cl2NO2.2W/c32-10-12-35(13-11-33)22-6-4-21(5-7-22)2-1-3-29(39)37-16-14-36(15-17-37)28-19-27-24(18-26(28)34)30(40)25(31(41)42)20-38(27)23-8-9-23;18-13-7-11-14(8-15(13)20-5-3-19-4-6-20)21(10-1-2-10)9-12(16(11)22)17(23)24;15-8-10-17(11-9-16)13-6-4-12(5-7-13)2-1-3-14(18)19;;/h4-7,18-20,23H,1-3,8-17H2,(H,41,42);7-10,19H,1-6H2,(H,23,24);4-7H,1-3,8-11H2,(H,18,19);;. The maximum Gasteiger partial charge on any atom is 0.341 e. The number of carbonyl (C=O) groups is 4. The van der Waals surface area contributed by atoms with Gasteiger partial charge in [-0.1, -0.05) is 24.3 Å². The van der Waals surface area contributed by atoms with Gasteiger partial charge in [-0.15, -0.1) is 46.4 Å². The number of piperazine rings is 2. The summed E-state index contributed by atoms with van der Waals surface area (Å²) in [6.07, 6.45) is 10.1. The number of amides is 1. The molecule has 0 atom stereocenters. The zero-order chi connectivity index (χ0) is 60.7. The van der Waals surface area contributed by atoms with Crippen molar-refractivity contribution in [2.24, 2.45) is 0 Å². The van der Waals surface area contributed by atoms with Crippen molar-refractivity contribution in [3.05, 3.63) is 140 Å². The number of aliphatic carboxylic acids is 1. The molecule has 468 valence electrons. The van der Waals surface area contributed by atoms with Gasteiger partial charge >= 0.3 is 17.9 Å². The number of carbonyl (C=O) groups excluding carboxylic acids is 1. The van der Waals surface area contributed by atoms with E-state index in [2.05, 4.69) is 39.4 Å². The zero-order valence-electron chi connectivity index (χ0n) is 48.1. The van der Waals surface area contributed by atoms with E-state index < -0.39 is 40.4 Å². The average molecular weight is 1620 g/mol. The van der Waals surface area contributed by atoms with Crippen LogP contribution in [0.25, 0.3) is 21.8 Å². The van der Waals surface area contributed by atoms with E-state index in [-0.39, 0.29) is 88.4 Å². The van der Waals surface area contributed by atoms with Gasteiger partial charge in [0.15, 0.2) is 0 Å². The normalized spacial score (nSPS) is 14.7. The minimum atomic E-state index is -1.31. The Morgan fingerprint density at radius 1 is 0.540 bits per heavy atom. The summed E-state index contributed by atoms with van der Waals surface area (Å²) in [5.74, 6) is -2.09. The fraction of sp³-hybridized carbons (Fsp3) is 0.452. The fourth-order valence-corrected chi connectivity index (χ4v) is 11.7. The molecule has 17 nitrogen and oxygen atoms in total. The molecule has 4 aliphatic rings. The van der Waals surface area contributed by atoms with Crippen LogP contribution in [0, 0.1) is 11.6 Å². The second kappa shape index (κ2) is 34.1. The van der Waals surface area contributed by atoms with Crippen LogP contribution >= 0.6 is 46.4 Å². The Hall–Kier alpha value is -5.26. The predicted molar refractivity (Wildman–Crippen MR) is 334 cm³/mol. The Morgan fingerprint density at radius 3 is 1.28 bits per heavy atom. The second-order valence-electron chi connectivity index (χ2n) is 21.5. The van der Waals surface area contributed by atoms with Crippen molar-refractivity contribution in [2.75, 3.05) is 122 Å². The SMILES string of the molecule is O=C(O)CCCc1ccc(N(CCCl)CCCl)cc1.O=C(O)c1cn(C2CC2)c2cc(N3CCN(C(=O)CCCc4ccc(N(CCCl)CCCl)cc4)CC3)c(F)cc2c1=O.O=C(O)c1cn(C2CC2)c2cc(N3CCNCC3)c(F)cc2c1=O.[W].[W]. The van der Waals surface area contributed by atoms with Crippen LogP contribution in [-0.2, 0) is 64.6 Å². The van der Waals surface area contributed by atoms with Crippen molar-refractivity contribution in [1.82, 2.24) is 19.4 Å². The third-order valence-electron chi connectivity index (χ3n) is 15.7. The molecule has 6 aromatic rings. The summed E-state index contributed by atoms with van der Waals surface area (Å²) >= 11 is 23.4. The number of benzene rings is 4. The monoisotopic (exact) mass is 1620 g/mol. The number of aryl methyl sites for hydroxylation is 2. The Kier molecular flexibility index (Phi) is 27.7. The quantitative estimate of drug-likeness (QED) is 0.0417. The number of fused-ring (bicyclic) bond motifs is 2. The fourth-order valence-electron chi connectivity index (χ4n) is 10.9. The van der Waals surface area contributed by atoms with Gasteiger partial charge in [0, 0.05) is 204 Å². The van der Waals surface area contributed by atoms with Crippen LogP contribution in [0.2, 0.25) is 0 Å². The van der Waals surface area contributed by atoms with E-state index in [9.17, 15) is 43.4 Å². The number of aromatic carboxylic acids is 2. The van der Waals surface area contributed by atoms with E-state index >= 15 is 4.39 Å². The summed E-state index contributed by atoms with van der Waals surface area (Å²) in [6, 6.07) is 22.4.